The van der Waals surface area contributed by atoms with Crippen LogP contribution in [0.2, 0.25) is 0 Å². The summed E-state index contributed by atoms with van der Waals surface area (Å²) in [6.07, 6.45) is -0.480. The summed E-state index contributed by atoms with van der Waals surface area (Å²) in [5.74, 6) is 1.41. The van der Waals surface area contributed by atoms with E-state index >= 15 is 0 Å². The Kier molecular flexibility index (Phi) is 6.68. The molecule has 2 N–H and O–H groups in total. The van der Waals surface area contributed by atoms with Gasteiger partial charge in [0.2, 0.25) is 0 Å². The third-order valence-corrected chi connectivity index (χ3v) is 2.99. The van der Waals surface area contributed by atoms with Gasteiger partial charge >= 0.3 is 0 Å². The molecule has 0 aliphatic carbocycles. The van der Waals surface area contributed by atoms with Gasteiger partial charge in [0.1, 0.15) is 18.5 Å². The van der Waals surface area contributed by atoms with Crippen LogP contribution in [-0.2, 0) is 0 Å². The number of hydrogen-bond acceptors (Lipinski definition) is 3. The summed E-state index contributed by atoms with van der Waals surface area (Å²) in [5, 5.41) is 13.0. The fourth-order valence-corrected chi connectivity index (χ4v) is 2.03. The number of nitrogens with one attached hydrogen (secondary N) is 1. The van der Waals surface area contributed by atoms with Gasteiger partial charge in [0, 0.05) is 11.0 Å². The van der Waals surface area contributed by atoms with Crippen LogP contribution in [0.15, 0.2) is 22.7 Å². The maximum absolute atomic E-state index is 9.77. The van der Waals surface area contributed by atoms with Gasteiger partial charge in [-0.15, -0.1) is 0 Å². The topological polar surface area (TPSA) is 41.5 Å². The highest BCUT2D eigenvalue weighted by Gasteiger charge is 2.07. The van der Waals surface area contributed by atoms with E-state index in [2.05, 4.69) is 35.1 Å². The van der Waals surface area contributed by atoms with E-state index in [1.54, 1.807) is 0 Å². The van der Waals surface area contributed by atoms with E-state index in [0.29, 0.717) is 19.1 Å². The molecule has 1 unspecified atom stereocenters. The van der Waals surface area contributed by atoms with E-state index in [4.69, 9.17) is 4.74 Å². The van der Waals surface area contributed by atoms with Crippen molar-refractivity contribution < 1.29 is 9.84 Å². The van der Waals surface area contributed by atoms with Crippen LogP contribution in [0.1, 0.15) is 19.4 Å². The van der Waals surface area contributed by atoms with Crippen LogP contribution in [0.25, 0.3) is 0 Å². The van der Waals surface area contributed by atoms with Gasteiger partial charge in [0.25, 0.3) is 0 Å². The molecule has 1 rings (SSSR count). The highest BCUT2D eigenvalue weighted by atomic mass is 79.9. The molecule has 0 saturated carbocycles. The van der Waals surface area contributed by atoms with Crippen molar-refractivity contribution in [2.24, 2.45) is 5.92 Å². The second-order valence-electron chi connectivity index (χ2n) is 4.93. The summed E-state index contributed by atoms with van der Waals surface area (Å²) in [5.41, 5.74) is 1.06. The number of halogens is 1. The van der Waals surface area contributed by atoms with Crippen molar-refractivity contribution in [3.63, 3.8) is 0 Å². The van der Waals surface area contributed by atoms with E-state index in [1.165, 1.54) is 0 Å². The molecule has 4 heteroatoms. The Bertz CT molecular complexity index is 369. The van der Waals surface area contributed by atoms with Crippen molar-refractivity contribution in [1.82, 2.24) is 5.32 Å². The SMILES string of the molecule is Cc1cc(Br)ccc1OCC(O)CNCC(C)C. The molecule has 102 valence electrons. The van der Waals surface area contributed by atoms with Crippen molar-refractivity contribution in [3.8, 4) is 5.75 Å². The molecule has 1 aromatic carbocycles. The van der Waals surface area contributed by atoms with Gasteiger partial charge in [-0.3, -0.25) is 0 Å². The maximum atomic E-state index is 9.77. The minimum absolute atomic E-state index is 0.313. The van der Waals surface area contributed by atoms with Crippen molar-refractivity contribution in [1.29, 1.82) is 0 Å². The molecule has 0 spiro atoms. The van der Waals surface area contributed by atoms with Crippen molar-refractivity contribution in [2.75, 3.05) is 19.7 Å². The summed E-state index contributed by atoms with van der Waals surface area (Å²) in [6.45, 7) is 8.06. The first-order valence-corrected chi connectivity index (χ1v) is 7.06. The number of benzene rings is 1. The first kappa shape index (κ1) is 15.5. The molecular formula is C14H22BrNO2. The molecule has 0 aromatic heterocycles. The molecule has 0 fully saturated rings. The van der Waals surface area contributed by atoms with Crippen LogP contribution in [0.5, 0.6) is 5.75 Å². The number of hydrogen-bond donors (Lipinski definition) is 2. The molecule has 3 nitrogen and oxygen atoms in total. The fraction of sp³-hybridized carbons (Fsp3) is 0.571. The lowest BCUT2D eigenvalue weighted by atomic mass is 10.2. The second-order valence-corrected chi connectivity index (χ2v) is 5.84. The van der Waals surface area contributed by atoms with Gasteiger partial charge in [-0.1, -0.05) is 29.8 Å². The molecule has 0 aliphatic rings. The quantitative estimate of drug-likeness (QED) is 0.813. The molecule has 0 radical (unpaired) electrons. The molecule has 0 bridgehead atoms. The zero-order valence-electron chi connectivity index (χ0n) is 11.2. The van der Waals surface area contributed by atoms with E-state index in [1.807, 2.05) is 25.1 Å². The van der Waals surface area contributed by atoms with Crippen LogP contribution in [-0.4, -0.2) is 30.9 Å². The summed E-state index contributed by atoms with van der Waals surface area (Å²) in [4.78, 5) is 0. The molecule has 18 heavy (non-hydrogen) atoms. The number of aliphatic hydroxyl groups is 1. The first-order chi connectivity index (χ1) is 8.49. The molecule has 0 saturated heterocycles. The molecule has 1 aromatic rings. The predicted octanol–water partition coefficient (Wildman–Crippen LogP) is 2.74. The van der Waals surface area contributed by atoms with Crippen LogP contribution in [0.3, 0.4) is 0 Å². The molecule has 0 aliphatic heterocycles. The van der Waals surface area contributed by atoms with Gasteiger partial charge in [-0.25, -0.2) is 0 Å². The lowest BCUT2D eigenvalue weighted by Gasteiger charge is -2.15. The number of aliphatic hydroxyl groups excluding tert-OH is 1. The average molecular weight is 316 g/mol. The molecular weight excluding hydrogens is 294 g/mol. The van der Waals surface area contributed by atoms with Crippen LogP contribution >= 0.6 is 15.9 Å². The van der Waals surface area contributed by atoms with Gasteiger partial charge in [0.15, 0.2) is 0 Å². The van der Waals surface area contributed by atoms with Gasteiger partial charge in [0.05, 0.1) is 0 Å². The molecule has 0 heterocycles. The smallest absolute Gasteiger partial charge is 0.122 e. The number of rotatable bonds is 7. The fourth-order valence-electron chi connectivity index (χ4n) is 1.56. The predicted molar refractivity (Wildman–Crippen MR) is 78.1 cm³/mol. The zero-order chi connectivity index (χ0) is 13.5. The third kappa shape index (κ3) is 5.85. The molecule has 1 atom stereocenters. The normalized spacial score (nSPS) is 12.8. The summed E-state index contributed by atoms with van der Waals surface area (Å²) >= 11 is 3.41. The number of ether oxygens (including phenoxy) is 1. The molecule has 0 amide bonds. The zero-order valence-corrected chi connectivity index (χ0v) is 12.8. The Morgan fingerprint density at radius 1 is 1.33 bits per heavy atom. The van der Waals surface area contributed by atoms with E-state index in [-0.39, 0.29) is 0 Å². The average Bonchev–Trinajstić information content (AvgIpc) is 2.27. The second kappa shape index (κ2) is 7.77. The standard InChI is InChI=1S/C14H22BrNO2/c1-10(2)7-16-8-13(17)9-18-14-5-4-12(15)6-11(14)3/h4-6,10,13,16-17H,7-9H2,1-3H3. The Hall–Kier alpha value is -0.580. The summed E-state index contributed by atoms with van der Waals surface area (Å²) < 4.78 is 6.63. The lowest BCUT2D eigenvalue weighted by Crippen LogP contribution is -2.33. The van der Waals surface area contributed by atoms with Gasteiger partial charge in [-0.2, -0.15) is 0 Å². The van der Waals surface area contributed by atoms with Gasteiger partial charge in [-0.05, 0) is 43.1 Å². The largest absolute Gasteiger partial charge is 0.491 e. The van der Waals surface area contributed by atoms with Crippen molar-refractivity contribution in [3.05, 3.63) is 28.2 Å². The van der Waals surface area contributed by atoms with Crippen LogP contribution in [0.4, 0.5) is 0 Å². The van der Waals surface area contributed by atoms with Crippen molar-refractivity contribution >= 4 is 15.9 Å². The highest BCUT2D eigenvalue weighted by Crippen LogP contribution is 2.22. The van der Waals surface area contributed by atoms with E-state index < -0.39 is 6.10 Å². The van der Waals surface area contributed by atoms with Crippen LogP contribution in [0, 0.1) is 12.8 Å². The van der Waals surface area contributed by atoms with E-state index in [0.717, 1.165) is 22.3 Å². The lowest BCUT2D eigenvalue weighted by molar-refractivity contribution is 0.105. The minimum atomic E-state index is -0.480. The Morgan fingerprint density at radius 3 is 2.67 bits per heavy atom. The number of aryl methyl sites for hydroxylation is 1. The van der Waals surface area contributed by atoms with Crippen LogP contribution < -0.4 is 10.1 Å². The first-order valence-electron chi connectivity index (χ1n) is 6.26. The monoisotopic (exact) mass is 315 g/mol. The highest BCUT2D eigenvalue weighted by molar-refractivity contribution is 9.10. The maximum Gasteiger partial charge on any atom is 0.122 e. The van der Waals surface area contributed by atoms with Crippen molar-refractivity contribution in [2.45, 2.75) is 26.9 Å². The van der Waals surface area contributed by atoms with Gasteiger partial charge < -0.3 is 15.2 Å². The van der Waals surface area contributed by atoms with E-state index in [9.17, 15) is 5.11 Å². The Morgan fingerprint density at radius 2 is 2.06 bits per heavy atom. The Labute approximate surface area is 118 Å². The summed E-state index contributed by atoms with van der Waals surface area (Å²) in [7, 11) is 0. The summed E-state index contributed by atoms with van der Waals surface area (Å²) in [6, 6.07) is 5.85. The minimum Gasteiger partial charge on any atom is -0.491 e. The third-order valence-electron chi connectivity index (χ3n) is 2.50. The Balaban J connectivity index is 2.31.